The summed E-state index contributed by atoms with van der Waals surface area (Å²) in [5.74, 6) is -1.69. The fourth-order valence-corrected chi connectivity index (χ4v) is 4.44. The maximum absolute atomic E-state index is 12.7. The van der Waals surface area contributed by atoms with Crippen LogP contribution in [0.3, 0.4) is 0 Å². The minimum absolute atomic E-state index is 0.00752. The molecule has 2 aliphatic rings. The minimum atomic E-state index is -3.91. The largest absolute Gasteiger partial charge is 0.576 e. The molecule has 1 unspecified atom stereocenters. The average Bonchev–Trinajstić information content (AvgIpc) is 3.13. The van der Waals surface area contributed by atoms with Gasteiger partial charge < -0.3 is 20.1 Å². The van der Waals surface area contributed by atoms with Gasteiger partial charge in [-0.2, -0.15) is 9.42 Å². The molecule has 2 aliphatic heterocycles. The third-order valence-electron chi connectivity index (χ3n) is 4.96. The highest BCUT2D eigenvalue weighted by Crippen LogP contribution is 2.63. The Balaban J connectivity index is 1.78. The standard InChI is InChI=1S/C20H33N2O10P/c1-19(2,3)18(26)29-12-31-33(27)30-11-20(4,5)16(32-33)17(25)21-9-8-15(24)28-10-13-6-7-14(23)22-13/h13,16,27H,6-12H2,1-5H3,(H-,21,22,23,25)/p+1/t13-,16-,33?/m0/s1. The van der Waals surface area contributed by atoms with Crippen molar-refractivity contribution in [3.05, 3.63) is 0 Å². The molecule has 12 nitrogen and oxygen atoms in total. The van der Waals surface area contributed by atoms with E-state index < -0.39 is 49.7 Å². The summed E-state index contributed by atoms with van der Waals surface area (Å²) in [6.45, 7) is 7.86. The van der Waals surface area contributed by atoms with Crippen LogP contribution in [0.4, 0.5) is 0 Å². The van der Waals surface area contributed by atoms with Gasteiger partial charge in [0.2, 0.25) is 12.7 Å². The van der Waals surface area contributed by atoms with Crippen LogP contribution in [0.15, 0.2) is 0 Å². The molecule has 0 radical (unpaired) electrons. The molecule has 2 fully saturated rings. The van der Waals surface area contributed by atoms with Crippen LogP contribution in [-0.4, -0.2) is 67.3 Å². The first-order chi connectivity index (χ1) is 15.2. The van der Waals surface area contributed by atoms with E-state index in [1.807, 2.05) is 0 Å². The number of esters is 2. The van der Waals surface area contributed by atoms with Crippen LogP contribution in [0.1, 0.15) is 53.9 Å². The third-order valence-corrected chi connectivity index (χ3v) is 6.33. The summed E-state index contributed by atoms with van der Waals surface area (Å²) in [5, 5.41) is 5.28. The van der Waals surface area contributed by atoms with Crippen LogP contribution in [0.5, 0.6) is 0 Å². The van der Waals surface area contributed by atoms with E-state index in [9.17, 15) is 24.1 Å². The van der Waals surface area contributed by atoms with Gasteiger partial charge in [0.25, 0.3) is 5.91 Å². The van der Waals surface area contributed by atoms with Gasteiger partial charge >= 0.3 is 20.1 Å². The van der Waals surface area contributed by atoms with E-state index in [0.29, 0.717) is 12.8 Å². The number of rotatable bonds is 9. The predicted octanol–water partition coefficient (Wildman–Crippen LogP) is 0.989. The monoisotopic (exact) mass is 493 g/mol. The molecule has 2 saturated heterocycles. The highest BCUT2D eigenvalue weighted by atomic mass is 31.2. The Bertz CT molecular complexity index is 754. The van der Waals surface area contributed by atoms with E-state index in [1.165, 1.54) is 0 Å². The molecule has 2 rings (SSSR count). The molecular weight excluding hydrogens is 459 g/mol. The number of nitrogens with one attached hydrogen (secondary N) is 2. The second-order valence-electron chi connectivity index (χ2n) is 9.67. The fourth-order valence-electron chi connectivity index (χ4n) is 2.91. The maximum atomic E-state index is 12.7. The molecule has 0 spiro atoms. The number of carbonyl (C=O) groups excluding carboxylic acids is 4. The van der Waals surface area contributed by atoms with Crippen LogP contribution < -0.4 is 10.6 Å². The average molecular weight is 493 g/mol. The number of ether oxygens (including phenoxy) is 2. The van der Waals surface area contributed by atoms with Gasteiger partial charge in [0, 0.05) is 18.4 Å². The van der Waals surface area contributed by atoms with Gasteiger partial charge in [-0.3, -0.25) is 19.2 Å². The lowest BCUT2D eigenvalue weighted by atomic mass is 9.87. The van der Waals surface area contributed by atoms with Crippen LogP contribution in [-0.2, 0) is 42.2 Å². The van der Waals surface area contributed by atoms with Crippen LogP contribution in [0, 0.1) is 10.8 Å². The summed E-state index contributed by atoms with van der Waals surface area (Å²) in [7, 11) is -3.91. The summed E-state index contributed by atoms with van der Waals surface area (Å²) in [6, 6.07) is -0.184. The van der Waals surface area contributed by atoms with Gasteiger partial charge in [0.15, 0.2) is 6.10 Å². The molecular formula is C20H34N2O10P+. The molecule has 3 N–H and O–H groups in total. The summed E-state index contributed by atoms with van der Waals surface area (Å²) in [6.07, 6.45) is -0.179. The van der Waals surface area contributed by atoms with E-state index in [1.54, 1.807) is 34.6 Å². The van der Waals surface area contributed by atoms with E-state index >= 15 is 0 Å². The van der Waals surface area contributed by atoms with E-state index in [2.05, 4.69) is 10.6 Å². The number of hydrogen-bond donors (Lipinski definition) is 3. The molecule has 0 saturated carbocycles. The lowest BCUT2D eigenvalue weighted by molar-refractivity contribution is -0.165. The molecule has 0 aromatic carbocycles. The molecule has 0 aromatic heterocycles. The van der Waals surface area contributed by atoms with Gasteiger partial charge in [-0.1, -0.05) is 13.8 Å². The predicted molar refractivity (Wildman–Crippen MR) is 115 cm³/mol. The van der Waals surface area contributed by atoms with E-state index in [-0.39, 0.29) is 38.1 Å². The topological polar surface area (TPSA) is 159 Å². The zero-order valence-corrected chi connectivity index (χ0v) is 20.6. The van der Waals surface area contributed by atoms with Crippen molar-refractivity contribution >= 4 is 31.9 Å². The maximum Gasteiger partial charge on any atom is 0.576 e. The fraction of sp³-hybridized carbons (Fsp3) is 0.800. The number of carbonyl (C=O) groups is 4. The van der Waals surface area contributed by atoms with Crippen molar-refractivity contribution in [1.29, 1.82) is 0 Å². The van der Waals surface area contributed by atoms with Crippen molar-refractivity contribution in [2.75, 3.05) is 26.6 Å². The van der Waals surface area contributed by atoms with E-state index in [4.69, 9.17) is 23.0 Å². The smallest absolute Gasteiger partial charge is 0.463 e. The second-order valence-corrected chi connectivity index (χ2v) is 11.3. The van der Waals surface area contributed by atoms with Crippen LogP contribution >= 0.6 is 8.17 Å². The van der Waals surface area contributed by atoms with Gasteiger partial charge in [0.05, 0.1) is 17.9 Å². The van der Waals surface area contributed by atoms with Crippen LogP contribution in [0.25, 0.3) is 0 Å². The zero-order chi connectivity index (χ0) is 24.9. The first-order valence-corrected chi connectivity index (χ1v) is 12.2. The summed E-state index contributed by atoms with van der Waals surface area (Å²) in [4.78, 5) is 58.0. The van der Waals surface area contributed by atoms with Gasteiger partial charge in [0.1, 0.15) is 13.2 Å². The lowest BCUT2D eigenvalue weighted by Crippen LogP contribution is -2.50. The SMILES string of the molecule is CC(C)(C)C(=O)OCO[P+]1(O)OCC(C)(C)[C@H](C(=O)NCCC(=O)OC[C@@H]2CCC(=O)N2)O1. The Kier molecular flexibility index (Phi) is 9.17. The Morgan fingerprint density at radius 1 is 1.27 bits per heavy atom. The first kappa shape index (κ1) is 27.4. The number of amides is 2. The normalized spacial score (nSPS) is 26.9. The molecule has 0 bridgehead atoms. The lowest BCUT2D eigenvalue weighted by Gasteiger charge is -2.36. The molecule has 13 heteroatoms. The van der Waals surface area contributed by atoms with Crippen molar-refractivity contribution in [2.45, 2.75) is 66.0 Å². The second kappa shape index (κ2) is 11.1. The summed E-state index contributed by atoms with van der Waals surface area (Å²) in [5.41, 5.74) is -1.56. The third kappa shape index (κ3) is 8.46. The molecule has 0 aromatic rings. The van der Waals surface area contributed by atoms with Crippen molar-refractivity contribution in [2.24, 2.45) is 10.8 Å². The van der Waals surface area contributed by atoms with Crippen LogP contribution in [0.2, 0.25) is 0 Å². The molecule has 3 atom stereocenters. The highest BCUT2D eigenvalue weighted by Gasteiger charge is 2.59. The highest BCUT2D eigenvalue weighted by molar-refractivity contribution is 7.55. The first-order valence-electron chi connectivity index (χ1n) is 10.7. The molecule has 188 valence electrons. The molecule has 0 aliphatic carbocycles. The summed E-state index contributed by atoms with van der Waals surface area (Å²) < 4.78 is 26.0. The Labute approximate surface area is 193 Å². The van der Waals surface area contributed by atoms with Gasteiger partial charge in [-0.15, -0.1) is 9.05 Å². The molecule has 2 amide bonds. The van der Waals surface area contributed by atoms with Crippen molar-refractivity contribution < 1.29 is 47.1 Å². The molecule has 33 heavy (non-hydrogen) atoms. The Morgan fingerprint density at radius 3 is 2.58 bits per heavy atom. The van der Waals surface area contributed by atoms with Gasteiger partial charge in [-0.25, -0.2) is 0 Å². The quantitative estimate of drug-likeness (QED) is 0.240. The molecule has 2 heterocycles. The zero-order valence-electron chi connectivity index (χ0n) is 19.7. The van der Waals surface area contributed by atoms with Gasteiger partial charge in [-0.05, 0) is 27.2 Å². The van der Waals surface area contributed by atoms with Crippen molar-refractivity contribution in [1.82, 2.24) is 10.6 Å². The summed E-state index contributed by atoms with van der Waals surface area (Å²) >= 11 is 0. The Morgan fingerprint density at radius 2 is 1.97 bits per heavy atom. The van der Waals surface area contributed by atoms with Crippen molar-refractivity contribution in [3.63, 3.8) is 0 Å². The Hall–Kier alpha value is -1.85. The van der Waals surface area contributed by atoms with E-state index in [0.717, 1.165) is 0 Å². The number of hydrogen-bond acceptors (Lipinski definition) is 10. The minimum Gasteiger partial charge on any atom is -0.463 e. The van der Waals surface area contributed by atoms with Crippen molar-refractivity contribution in [3.8, 4) is 0 Å².